The van der Waals surface area contributed by atoms with E-state index in [2.05, 4.69) is 15.0 Å². The summed E-state index contributed by atoms with van der Waals surface area (Å²) in [4.78, 5) is 4.30. The van der Waals surface area contributed by atoms with Crippen molar-refractivity contribution in [2.45, 2.75) is 57.6 Å². The molecule has 136 valence electrons. The quantitative estimate of drug-likeness (QED) is 0.296. The van der Waals surface area contributed by atoms with Gasteiger partial charge in [0.2, 0.25) is 0 Å². The molecule has 1 aromatic rings. The number of hydrogen-bond acceptors (Lipinski definition) is 2. The van der Waals surface area contributed by atoms with Crippen molar-refractivity contribution in [2.24, 2.45) is 10.7 Å². The van der Waals surface area contributed by atoms with Crippen LogP contribution in [0.3, 0.4) is 0 Å². The van der Waals surface area contributed by atoms with Gasteiger partial charge in [-0.2, -0.15) is 8.78 Å². The number of ether oxygens (including phenoxy) is 1. The van der Waals surface area contributed by atoms with Crippen molar-refractivity contribution in [1.82, 2.24) is 5.32 Å². The number of benzene rings is 1. The van der Waals surface area contributed by atoms with E-state index in [4.69, 9.17) is 5.73 Å². The highest BCUT2D eigenvalue weighted by molar-refractivity contribution is 14.0. The number of nitrogens with one attached hydrogen (secondary N) is 1. The Balaban J connectivity index is 0.00000288. The molecule has 0 heterocycles. The first-order valence-corrected chi connectivity index (χ1v) is 8.24. The van der Waals surface area contributed by atoms with Crippen molar-refractivity contribution in [3.63, 3.8) is 0 Å². The molecule has 3 N–H and O–H groups in total. The molecule has 0 aliphatic heterocycles. The minimum Gasteiger partial charge on any atom is -0.435 e. The zero-order valence-corrected chi connectivity index (χ0v) is 16.0. The Kier molecular flexibility index (Phi) is 9.97. The second-order valence-electron chi connectivity index (χ2n) is 5.84. The smallest absolute Gasteiger partial charge is 0.387 e. The van der Waals surface area contributed by atoms with Crippen molar-refractivity contribution >= 4 is 29.9 Å². The third kappa shape index (κ3) is 7.63. The molecular formula is C17H26F2IN3O. The van der Waals surface area contributed by atoms with Crippen molar-refractivity contribution < 1.29 is 13.5 Å². The van der Waals surface area contributed by atoms with Crippen LogP contribution in [0.15, 0.2) is 29.3 Å². The number of nitrogens with zero attached hydrogens (tertiary/aromatic N) is 1. The van der Waals surface area contributed by atoms with Crippen LogP contribution in [0.5, 0.6) is 5.75 Å². The van der Waals surface area contributed by atoms with Crippen LogP contribution in [0.25, 0.3) is 0 Å². The van der Waals surface area contributed by atoms with Gasteiger partial charge in [-0.05, 0) is 30.9 Å². The lowest BCUT2D eigenvalue weighted by Crippen LogP contribution is -2.40. The number of para-hydroxylation sites is 1. The van der Waals surface area contributed by atoms with E-state index in [1.807, 2.05) is 0 Å². The summed E-state index contributed by atoms with van der Waals surface area (Å²) in [7, 11) is 0. The van der Waals surface area contributed by atoms with Crippen LogP contribution in [-0.2, 0) is 6.42 Å². The third-order valence-corrected chi connectivity index (χ3v) is 4.06. The molecule has 0 radical (unpaired) electrons. The van der Waals surface area contributed by atoms with Crippen molar-refractivity contribution in [1.29, 1.82) is 0 Å². The molecule has 0 amide bonds. The summed E-state index contributed by atoms with van der Waals surface area (Å²) < 4.78 is 29.2. The van der Waals surface area contributed by atoms with Crippen molar-refractivity contribution in [3.05, 3.63) is 29.8 Å². The molecule has 1 aromatic carbocycles. The number of nitrogens with two attached hydrogens (primary N) is 1. The van der Waals surface area contributed by atoms with Crippen LogP contribution < -0.4 is 15.8 Å². The normalized spacial score (nSPS) is 16.4. The number of hydrogen-bond donors (Lipinski definition) is 2. The average Bonchev–Trinajstić information content (AvgIpc) is 2.77. The summed E-state index contributed by atoms with van der Waals surface area (Å²) in [5.74, 6) is 0.636. The van der Waals surface area contributed by atoms with E-state index in [0.29, 0.717) is 30.5 Å². The van der Waals surface area contributed by atoms with Crippen LogP contribution in [0.4, 0.5) is 8.78 Å². The number of guanidine groups is 1. The predicted octanol–water partition coefficient (Wildman–Crippen LogP) is 4.08. The van der Waals surface area contributed by atoms with Crippen LogP contribution >= 0.6 is 24.0 Å². The van der Waals surface area contributed by atoms with Gasteiger partial charge in [-0.3, -0.25) is 4.99 Å². The molecular weight excluding hydrogens is 427 g/mol. The largest absolute Gasteiger partial charge is 0.435 e. The van der Waals surface area contributed by atoms with E-state index in [0.717, 1.165) is 12.8 Å². The topological polar surface area (TPSA) is 59.6 Å². The predicted molar refractivity (Wildman–Crippen MR) is 103 cm³/mol. The summed E-state index contributed by atoms with van der Waals surface area (Å²) in [5, 5.41) is 3.27. The van der Waals surface area contributed by atoms with E-state index in [1.54, 1.807) is 24.3 Å². The molecule has 0 bridgehead atoms. The second-order valence-corrected chi connectivity index (χ2v) is 5.84. The molecule has 7 heteroatoms. The molecule has 0 spiro atoms. The molecule has 0 atom stereocenters. The van der Waals surface area contributed by atoms with Gasteiger partial charge in [-0.25, -0.2) is 0 Å². The van der Waals surface area contributed by atoms with Gasteiger partial charge in [-0.1, -0.05) is 43.9 Å². The zero-order chi connectivity index (χ0) is 16.5. The first kappa shape index (κ1) is 20.9. The van der Waals surface area contributed by atoms with E-state index in [9.17, 15) is 8.78 Å². The molecule has 1 fully saturated rings. The third-order valence-electron chi connectivity index (χ3n) is 4.06. The average molecular weight is 453 g/mol. The number of alkyl halides is 2. The van der Waals surface area contributed by atoms with Gasteiger partial charge >= 0.3 is 6.61 Å². The van der Waals surface area contributed by atoms with E-state index >= 15 is 0 Å². The van der Waals surface area contributed by atoms with Crippen LogP contribution in [0, 0.1) is 0 Å². The minimum absolute atomic E-state index is 0. The summed E-state index contributed by atoms with van der Waals surface area (Å²) >= 11 is 0. The molecule has 2 rings (SSSR count). The Bertz CT molecular complexity index is 506. The highest BCUT2D eigenvalue weighted by Crippen LogP contribution is 2.20. The van der Waals surface area contributed by atoms with Gasteiger partial charge < -0.3 is 15.8 Å². The Morgan fingerprint density at radius 1 is 1.21 bits per heavy atom. The SMILES string of the molecule is I.NC(=NCCc1ccccc1OC(F)F)NC1CCCCCC1. The highest BCUT2D eigenvalue weighted by atomic mass is 127. The molecule has 0 saturated heterocycles. The maximum atomic E-state index is 12.4. The van der Waals surface area contributed by atoms with Gasteiger partial charge in [0.25, 0.3) is 0 Å². The fraction of sp³-hybridized carbons (Fsp3) is 0.588. The molecule has 24 heavy (non-hydrogen) atoms. The standard InChI is InChI=1S/C17H25F2N3O.HI/c18-16(19)23-15-10-6-5-7-13(15)11-12-21-17(20)22-14-8-3-1-2-4-9-14;/h5-7,10,14,16H,1-4,8-9,11-12H2,(H3,20,21,22);1H. The Morgan fingerprint density at radius 3 is 2.54 bits per heavy atom. The van der Waals surface area contributed by atoms with Crippen LogP contribution in [0.2, 0.25) is 0 Å². The second kappa shape index (κ2) is 11.4. The Labute approximate surface area is 159 Å². The summed E-state index contributed by atoms with van der Waals surface area (Å²) in [6, 6.07) is 7.17. The fourth-order valence-electron chi connectivity index (χ4n) is 2.90. The van der Waals surface area contributed by atoms with Gasteiger partial charge in [0, 0.05) is 12.6 Å². The molecule has 1 saturated carbocycles. The Hall–Kier alpha value is -1.12. The maximum Gasteiger partial charge on any atom is 0.387 e. The van der Waals surface area contributed by atoms with E-state index < -0.39 is 6.61 Å². The minimum atomic E-state index is -2.82. The number of rotatable bonds is 6. The molecule has 0 aromatic heterocycles. The summed E-state index contributed by atoms with van der Waals surface area (Å²) in [6.45, 7) is -2.38. The van der Waals surface area contributed by atoms with Crippen molar-refractivity contribution in [2.75, 3.05) is 6.54 Å². The van der Waals surface area contributed by atoms with E-state index in [-0.39, 0.29) is 29.7 Å². The molecule has 1 aliphatic rings. The zero-order valence-electron chi connectivity index (χ0n) is 13.7. The van der Waals surface area contributed by atoms with Crippen LogP contribution in [0.1, 0.15) is 44.1 Å². The van der Waals surface area contributed by atoms with Gasteiger partial charge in [0.15, 0.2) is 5.96 Å². The summed E-state index contributed by atoms with van der Waals surface area (Å²) in [6.07, 6.45) is 7.79. The lowest BCUT2D eigenvalue weighted by molar-refractivity contribution is -0.0504. The number of aliphatic imine (C=N–C) groups is 1. The monoisotopic (exact) mass is 453 g/mol. The lowest BCUT2D eigenvalue weighted by atomic mass is 10.1. The van der Waals surface area contributed by atoms with Crippen molar-refractivity contribution in [3.8, 4) is 5.75 Å². The maximum absolute atomic E-state index is 12.4. The molecule has 4 nitrogen and oxygen atoms in total. The van der Waals surface area contributed by atoms with Crippen LogP contribution in [-0.4, -0.2) is 25.2 Å². The van der Waals surface area contributed by atoms with Gasteiger partial charge in [0.05, 0.1) is 0 Å². The van der Waals surface area contributed by atoms with Gasteiger partial charge in [0.1, 0.15) is 5.75 Å². The molecule has 1 aliphatic carbocycles. The van der Waals surface area contributed by atoms with E-state index in [1.165, 1.54) is 25.7 Å². The first-order chi connectivity index (χ1) is 11.1. The lowest BCUT2D eigenvalue weighted by Gasteiger charge is -2.16. The molecule has 0 unspecified atom stereocenters. The van der Waals surface area contributed by atoms with Gasteiger partial charge in [-0.15, -0.1) is 24.0 Å². The summed E-state index contributed by atoms with van der Waals surface area (Å²) in [5.41, 5.74) is 6.63. The Morgan fingerprint density at radius 2 is 1.88 bits per heavy atom. The first-order valence-electron chi connectivity index (χ1n) is 8.24. The fourth-order valence-corrected chi connectivity index (χ4v) is 2.90. The highest BCUT2D eigenvalue weighted by Gasteiger charge is 2.12. The number of halogens is 3.